The molecule has 7 heteroatoms. The molecule has 0 aliphatic heterocycles. The molecule has 0 spiro atoms. The van der Waals surface area contributed by atoms with E-state index in [2.05, 4.69) is 10.3 Å². The quantitative estimate of drug-likeness (QED) is 0.530. The number of nitrogens with one attached hydrogen (secondary N) is 1. The van der Waals surface area contributed by atoms with Gasteiger partial charge < -0.3 is 5.32 Å². The third-order valence-corrected chi connectivity index (χ3v) is 2.74. The van der Waals surface area contributed by atoms with Gasteiger partial charge in [-0.3, -0.25) is 10.1 Å². The Morgan fingerprint density at radius 1 is 1.35 bits per heavy atom. The highest BCUT2D eigenvalue weighted by Crippen LogP contribution is 2.20. The van der Waals surface area contributed by atoms with E-state index in [1.165, 1.54) is 12.1 Å². The summed E-state index contributed by atoms with van der Waals surface area (Å²) in [5.41, 5.74) is 1.38. The lowest BCUT2D eigenvalue weighted by molar-refractivity contribution is -0.384. The van der Waals surface area contributed by atoms with Gasteiger partial charge in [-0.05, 0) is 17.7 Å². The SMILES string of the molecule is N#Cc1ccc(CNc2cc([N+](=O)[O-])cc(Cl)n2)cc1. The Hall–Kier alpha value is -2.65. The van der Waals surface area contributed by atoms with Gasteiger partial charge in [-0.25, -0.2) is 4.98 Å². The van der Waals surface area contributed by atoms with E-state index in [-0.39, 0.29) is 10.8 Å². The van der Waals surface area contributed by atoms with Crippen molar-refractivity contribution in [3.8, 4) is 6.07 Å². The summed E-state index contributed by atoms with van der Waals surface area (Å²) in [5, 5.41) is 22.4. The predicted molar refractivity (Wildman–Crippen MR) is 74.4 cm³/mol. The summed E-state index contributed by atoms with van der Waals surface area (Å²) in [4.78, 5) is 14.1. The molecule has 1 aromatic heterocycles. The van der Waals surface area contributed by atoms with Crippen molar-refractivity contribution in [2.75, 3.05) is 5.32 Å². The van der Waals surface area contributed by atoms with Gasteiger partial charge in [0.1, 0.15) is 11.0 Å². The highest BCUT2D eigenvalue weighted by molar-refractivity contribution is 6.29. The van der Waals surface area contributed by atoms with E-state index in [1.54, 1.807) is 24.3 Å². The molecule has 0 aliphatic rings. The average molecular weight is 289 g/mol. The lowest BCUT2D eigenvalue weighted by Crippen LogP contribution is -2.02. The first-order chi connectivity index (χ1) is 9.58. The Morgan fingerprint density at radius 2 is 2.05 bits per heavy atom. The molecule has 0 saturated carbocycles. The van der Waals surface area contributed by atoms with Crippen LogP contribution in [0.3, 0.4) is 0 Å². The van der Waals surface area contributed by atoms with Crippen molar-refractivity contribution in [2.45, 2.75) is 6.54 Å². The van der Waals surface area contributed by atoms with E-state index in [4.69, 9.17) is 16.9 Å². The van der Waals surface area contributed by atoms with Crippen LogP contribution in [0.25, 0.3) is 0 Å². The Labute approximate surface area is 119 Å². The number of rotatable bonds is 4. The molecule has 0 unspecified atom stereocenters. The fourth-order valence-electron chi connectivity index (χ4n) is 1.57. The summed E-state index contributed by atoms with van der Waals surface area (Å²) in [5.74, 6) is 0.327. The van der Waals surface area contributed by atoms with Crippen LogP contribution >= 0.6 is 11.6 Å². The van der Waals surface area contributed by atoms with Gasteiger partial charge in [0.25, 0.3) is 5.69 Å². The van der Waals surface area contributed by atoms with Crippen LogP contribution in [-0.2, 0) is 6.54 Å². The third kappa shape index (κ3) is 3.43. The third-order valence-electron chi connectivity index (χ3n) is 2.55. The van der Waals surface area contributed by atoms with E-state index < -0.39 is 4.92 Å². The van der Waals surface area contributed by atoms with Crippen molar-refractivity contribution >= 4 is 23.1 Å². The molecule has 6 nitrogen and oxygen atoms in total. The van der Waals surface area contributed by atoms with Crippen LogP contribution in [0.4, 0.5) is 11.5 Å². The summed E-state index contributed by atoms with van der Waals surface area (Å²) in [6, 6.07) is 11.5. The van der Waals surface area contributed by atoms with E-state index in [1.807, 2.05) is 6.07 Å². The van der Waals surface area contributed by atoms with Crippen molar-refractivity contribution in [3.05, 3.63) is 62.8 Å². The number of nitriles is 1. The van der Waals surface area contributed by atoms with Gasteiger partial charge >= 0.3 is 0 Å². The molecule has 0 amide bonds. The molecular weight excluding hydrogens is 280 g/mol. The number of pyridine rings is 1. The van der Waals surface area contributed by atoms with Crippen molar-refractivity contribution in [2.24, 2.45) is 0 Å². The molecule has 0 bridgehead atoms. The van der Waals surface area contributed by atoms with Crippen LogP contribution in [0, 0.1) is 21.4 Å². The number of halogens is 1. The van der Waals surface area contributed by atoms with E-state index in [0.717, 1.165) is 5.56 Å². The number of benzene rings is 1. The first-order valence-corrected chi connectivity index (χ1v) is 6.01. The summed E-state index contributed by atoms with van der Waals surface area (Å²) in [7, 11) is 0. The first-order valence-electron chi connectivity index (χ1n) is 5.63. The monoisotopic (exact) mass is 288 g/mol. The fourth-order valence-corrected chi connectivity index (χ4v) is 1.77. The molecule has 0 saturated heterocycles. The Bertz CT molecular complexity index is 680. The summed E-state index contributed by atoms with van der Waals surface area (Å²) < 4.78 is 0. The highest BCUT2D eigenvalue weighted by Gasteiger charge is 2.09. The van der Waals surface area contributed by atoms with Crippen LogP contribution in [0.2, 0.25) is 5.15 Å². The molecule has 0 atom stereocenters. The standard InChI is InChI=1S/C13H9ClN4O2/c14-12-5-11(18(19)20)6-13(17-12)16-8-10-3-1-9(7-15)2-4-10/h1-6H,8H2,(H,16,17). The number of nitro groups is 1. The smallest absolute Gasteiger partial charge is 0.276 e. The van der Waals surface area contributed by atoms with Crippen LogP contribution in [-0.4, -0.2) is 9.91 Å². The molecule has 1 N–H and O–H groups in total. The highest BCUT2D eigenvalue weighted by atomic mass is 35.5. The second-order valence-electron chi connectivity index (χ2n) is 3.95. The average Bonchev–Trinajstić information content (AvgIpc) is 2.45. The first kappa shape index (κ1) is 13.8. The summed E-state index contributed by atoms with van der Waals surface area (Å²) in [6.07, 6.45) is 0. The molecule has 2 rings (SSSR count). The lowest BCUT2D eigenvalue weighted by Gasteiger charge is -2.06. The predicted octanol–water partition coefficient (Wildman–Crippen LogP) is 3.13. The molecule has 20 heavy (non-hydrogen) atoms. The van der Waals surface area contributed by atoms with E-state index in [0.29, 0.717) is 17.9 Å². The number of hydrogen-bond acceptors (Lipinski definition) is 5. The molecule has 100 valence electrons. The van der Waals surface area contributed by atoms with Gasteiger partial charge in [0.2, 0.25) is 0 Å². The lowest BCUT2D eigenvalue weighted by atomic mass is 10.1. The van der Waals surface area contributed by atoms with Crippen molar-refractivity contribution in [1.82, 2.24) is 4.98 Å². The zero-order chi connectivity index (χ0) is 14.5. The van der Waals surface area contributed by atoms with Crippen molar-refractivity contribution in [1.29, 1.82) is 5.26 Å². The molecule has 0 aliphatic carbocycles. The van der Waals surface area contributed by atoms with Crippen molar-refractivity contribution < 1.29 is 4.92 Å². The van der Waals surface area contributed by atoms with Gasteiger partial charge in [-0.1, -0.05) is 23.7 Å². The maximum Gasteiger partial charge on any atom is 0.276 e. The minimum absolute atomic E-state index is 0.0570. The van der Waals surface area contributed by atoms with Gasteiger partial charge in [0, 0.05) is 6.54 Å². The van der Waals surface area contributed by atoms with Crippen molar-refractivity contribution in [3.63, 3.8) is 0 Å². The largest absolute Gasteiger partial charge is 0.366 e. The second kappa shape index (κ2) is 5.99. The summed E-state index contributed by atoms with van der Waals surface area (Å²) in [6.45, 7) is 0.427. The Balaban J connectivity index is 2.10. The normalized spacial score (nSPS) is 9.80. The minimum atomic E-state index is -0.527. The van der Waals surface area contributed by atoms with Gasteiger partial charge in [-0.2, -0.15) is 5.26 Å². The van der Waals surface area contributed by atoms with Crippen LogP contribution in [0.15, 0.2) is 36.4 Å². The second-order valence-corrected chi connectivity index (χ2v) is 4.34. The number of aromatic nitrogens is 1. The number of hydrogen-bond donors (Lipinski definition) is 1. The zero-order valence-electron chi connectivity index (χ0n) is 10.2. The fraction of sp³-hybridized carbons (Fsp3) is 0.0769. The van der Waals surface area contributed by atoms with Gasteiger partial charge in [0.15, 0.2) is 0 Å². The van der Waals surface area contributed by atoms with E-state index >= 15 is 0 Å². The Morgan fingerprint density at radius 3 is 2.65 bits per heavy atom. The Kier molecular flexibility index (Phi) is 4.13. The van der Waals surface area contributed by atoms with E-state index in [9.17, 15) is 10.1 Å². The van der Waals surface area contributed by atoms with Gasteiger partial charge in [0.05, 0.1) is 28.7 Å². The molecular formula is C13H9ClN4O2. The molecule has 1 aromatic carbocycles. The zero-order valence-corrected chi connectivity index (χ0v) is 11.0. The van der Waals surface area contributed by atoms with Crippen LogP contribution in [0.1, 0.15) is 11.1 Å². The van der Waals surface area contributed by atoms with Crippen LogP contribution < -0.4 is 5.32 Å². The minimum Gasteiger partial charge on any atom is -0.366 e. The number of anilines is 1. The summed E-state index contributed by atoms with van der Waals surface area (Å²) >= 11 is 5.72. The number of nitrogens with zero attached hydrogens (tertiary/aromatic N) is 3. The van der Waals surface area contributed by atoms with Gasteiger partial charge in [-0.15, -0.1) is 0 Å². The molecule has 0 fully saturated rings. The molecule has 2 aromatic rings. The van der Waals surface area contributed by atoms with Crippen LogP contribution in [0.5, 0.6) is 0 Å². The maximum atomic E-state index is 10.7. The molecule has 0 radical (unpaired) electrons. The molecule has 1 heterocycles. The maximum absolute atomic E-state index is 10.7. The topological polar surface area (TPSA) is 91.8 Å².